The third-order valence-electron chi connectivity index (χ3n) is 2.85. The van der Waals surface area contributed by atoms with Gasteiger partial charge in [0, 0.05) is 19.1 Å². The minimum Gasteiger partial charge on any atom is -0.486 e. The molecular weight excluding hydrogens is 248 g/mol. The number of rotatable bonds is 3. The van der Waals surface area contributed by atoms with Crippen LogP contribution in [0.4, 0.5) is 10.7 Å². The minimum absolute atomic E-state index is 0.0310. The molecule has 4 N–H and O–H groups in total. The first kappa shape index (κ1) is 13.0. The van der Waals surface area contributed by atoms with E-state index in [0.717, 1.165) is 24.5 Å². The van der Waals surface area contributed by atoms with Gasteiger partial charge < -0.3 is 21.1 Å². The Hall–Kier alpha value is -1.45. The monoisotopic (exact) mass is 266 g/mol. The number of nitrogens with zero attached hydrogens (tertiary/aromatic N) is 2. The van der Waals surface area contributed by atoms with Crippen LogP contribution >= 0.6 is 11.3 Å². The summed E-state index contributed by atoms with van der Waals surface area (Å²) in [6, 6.07) is 2.31. The highest BCUT2D eigenvalue weighted by Crippen LogP contribution is 2.45. The number of nitrogen functional groups attached to an aromatic ring is 1. The molecular formula is C12H18N4OS. The molecule has 0 spiro atoms. The summed E-state index contributed by atoms with van der Waals surface area (Å²) in [7, 11) is 0. The van der Waals surface area contributed by atoms with E-state index in [-0.39, 0.29) is 12.1 Å². The molecule has 98 valence electrons. The summed E-state index contributed by atoms with van der Waals surface area (Å²) in [5.41, 5.74) is 12.3. The van der Waals surface area contributed by atoms with Gasteiger partial charge in [-0.05, 0) is 20.3 Å². The van der Waals surface area contributed by atoms with Gasteiger partial charge in [-0.2, -0.15) is 5.26 Å². The lowest BCUT2D eigenvalue weighted by atomic mass is 10.3. The summed E-state index contributed by atoms with van der Waals surface area (Å²) in [6.07, 6.45) is 0.990. The normalized spacial score (nSPS) is 19.3. The standard InChI is InChI=1S/C12H18N4OS/c1-7(2)17-11-10(15)9(5-13)18-12(11)16-4-3-8(14)6-16/h7-8H,3-4,6,14-15H2,1-2H3. The molecule has 6 heteroatoms. The highest BCUT2D eigenvalue weighted by atomic mass is 32.1. The maximum absolute atomic E-state index is 9.07. The first-order chi connectivity index (χ1) is 8.52. The molecule has 1 unspecified atom stereocenters. The van der Waals surface area contributed by atoms with Gasteiger partial charge in [-0.15, -0.1) is 11.3 Å². The highest BCUT2D eigenvalue weighted by molar-refractivity contribution is 7.17. The Balaban J connectivity index is 2.36. The minimum atomic E-state index is 0.0310. The Bertz CT molecular complexity index is 477. The van der Waals surface area contributed by atoms with Crippen molar-refractivity contribution in [2.75, 3.05) is 23.7 Å². The van der Waals surface area contributed by atoms with Crippen LogP contribution in [0.25, 0.3) is 0 Å². The summed E-state index contributed by atoms with van der Waals surface area (Å²) < 4.78 is 5.76. The summed E-state index contributed by atoms with van der Waals surface area (Å²) in [5.74, 6) is 0.639. The molecule has 18 heavy (non-hydrogen) atoms. The smallest absolute Gasteiger partial charge is 0.178 e. The number of hydrogen-bond acceptors (Lipinski definition) is 6. The van der Waals surface area contributed by atoms with Gasteiger partial charge in [-0.1, -0.05) is 0 Å². The lowest BCUT2D eigenvalue weighted by molar-refractivity contribution is 0.245. The molecule has 5 nitrogen and oxygen atoms in total. The largest absolute Gasteiger partial charge is 0.486 e. The SMILES string of the molecule is CC(C)Oc1c(N2CCC(N)C2)sc(C#N)c1N. The van der Waals surface area contributed by atoms with Crippen LogP contribution < -0.4 is 21.1 Å². The molecule has 0 radical (unpaired) electrons. The third-order valence-corrected chi connectivity index (χ3v) is 4.00. The van der Waals surface area contributed by atoms with Gasteiger partial charge in [0.15, 0.2) is 5.75 Å². The maximum Gasteiger partial charge on any atom is 0.178 e. The van der Waals surface area contributed by atoms with Gasteiger partial charge in [0.2, 0.25) is 0 Å². The molecule has 2 rings (SSSR count). The van der Waals surface area contributed by atoms with Gasteiger partial charge in [0.25, 0.3) is 0 Å². The quantitative estimate of drug-likeness (QED) is 0.866. The average molecular weight is 266 g/mol. The van der Waals surface area contributed by atoms with Crippen molar-refractivity contribution in [3.05, 3.63) is 4.88 Å². The summed E-state index contributed by atoms with van der Waals surface area (Å²) in [6.45, 7) is 5.57. The molecule has 0 aromatic carbocycles. The predicted molar refractivity (Wildman–Crippen MR) is 74.0 cm³/mol. The Labute approximate surface area is 111 Å². The van der Waals surface area contributed by atoms with E-state index >= 15 is 0 Å². The lowest BCUT2D eigenvalue weighted by Crippen LogP contribution is -2.26. The molecule has 0 amide bonds. The Kier molecular flexibility index (Phi) is 3.64. The van der Waals surface area contributed by atoms with Crippen molar-refractivity contribution >= 4 is 22.0 Å². The van der Waals surface area contributed by atoms with Crippen LogP contribution in [0.2, 0.25) is 0 Å². The summed E-state index contributed by atoms with van der Waals surface area (Å²) in [5, 5.41) is 10.0. The molecule has 1 atom stereocenters. The number of hydrogen-bond donors (Lipinski definition) is 2. The summed E-state index contributed by atoms with van der Waals surface area (Å²) in [4.78, 5) is 2.67. The Morgan fingerprint density at radius 2 is 2.28 bits per heavy atom. The van der Waals surface area contributed by atoms with E-state index in [9.17, 15) is 0 Å². The van der Waals surface area contributed by atoms with Crippen LogP contribution in [0, 0.1) is 11.3 Å². The van der Waals surface area contributed by atoms with Crippen molar-refractivity contribution in [2.45, 2.75) is 32.4 Å². The molecule has 1 aliphatic heterocycles. The van der Waals surface area contributed by atoms with Gasteiger partial charge in [0.1, 0.15) is 21.6 Å². The number of anilines is 2. The molecule has 0 saturated carbocycles. The fourth-order valence-corrected chi connectivity index (χ4v) is 3.02. The van der Waals surface area contributed by atoms with Crippen LogP contribution in [0.3, 0.4) is 0 Å². The zero-order chi connectivity index (χ0) is 13.3. The van der Waals surface area contributed by atoms with E-state index in [2.05, 4.69) is 11.0 Å². The van der Waals surface area contributed by atoms with E-state index in [1.807, 2.05) is 13.8 Å². The van der Waals surface area contributed by atoms with Crippen molar-refractivity contribution in [3.8, 4) is 11.8 Å². The van der Waals surface area contributed by atoms with E-state index in [1.54, 1.807) is 0 Å². The fraction of sp³-hybridized carbons (Fsp3) is 0.583. The number of ether oxygens (including phenoxy) is 1. The lowest BCUT2D eigenvalue weighted by Gasteiger charge is -2.19. The van der Waals surface area contributed by atoms with E-state index in [4.69, 9.17) is 21.5 Å². The second-order valence-electron chi connectivity index (χ2n) is 4.75. The van der Waals surface area contributed by atoms with Crippen molar-refractivity contribution in [2.24, 2.45) is 5.73 Å². The van der Waals surface area contributed by atoms with E-state index < -0.39 is 0 Å². The molecule has 1 saturated heterocycles. The van der Waals surface area contributed by atoms with Crippen LogP contribution in [-0.4, -0.2) is 25.2 Å². The summed E-state index contributed by atoms with van der Waals surface area (Å²) >= 11 is 1.39. The second-order valence-corrected chi connectivity index (χ2v) is 5.75. The van der Waals surface area contributed by atoms with Crippen LogP contribution in [0.15, 0.2) is 0 Å². The van der Waals surface area contributed by atoms with Gasteiger partial charge in [0.05, 0.1) is 6.10 Å². The first-order valence-corrected chi connectivity index (χ1v) is 6.84. The van der Waals surface area contributed by atoms with E-state index in [0.29, 0.717) is 16.3 Å². The van der Waals surface area contributed by atoms with Crippen molar-refractivity contribution in [1.29, 1.82) is 5.26 Å². The molecule has 1 aromatic heterocycles. The topological polar surface area (TPSA) is 88.3 Å². The molecule has 2 heterocycles. The van der Waals surface area contributed by atoms with Gasteiger partial charge in [-0.25, -0.2) is 0 Å². The molecule has 0 aliphatic carbocycles. The van der Waals surface area contributed by atoms with E-state index in [1.165, 1.54) is 11.3 Å². The molecule has 1 fully saturated rings. The van der Waals surface area contributed by atoms with Crippen molar-refractivity contribution < 1.29 is 4.74 Å². The predicted octanol–water partition coefficient (Wildman–Crippen LogP) is 1.53. The molecule has 0 bridgehead atoms. The van der Waals surface area contributed by atoms with Crippen LogP contribution in [-0.2, 0) is 0 Å². The number of nitriles is 1. The zero-order valence-electron chi connectivity index (χ0n) is 10.6. The van der Waals surface area contributed by atoms with Crippen LogP contribution in [0.5, 0.6) is 5.75 Å². The number of nitrogens with two attached hydrogens (primary N) is 2. The van der Waals surface area contributed by atoms with Crippen molar-refractivity contribution in [3.63, 3.8) is 0 Å². The zero-order valence-corrected chi connectivity index (χ0v) is 11.5. The average Bonchev–Trinajstić information content (AvgIpc) is 2.85. The maximum atomic E-state index is 9.07. The Morgan fingerprint density at radius 3 is 2.78 bits per heavy atom. The van der Waals surface area contributed by atoms with Crippen molar-refractivity contribution in [1.82, 2.24) is 0 Å². The number of thiophene rings is 1. The van der Waals surface area contributed by atoms with Crippen LogP contribution in [0.1, 0.15) is 25.1 Å². The third kappa shape index (κ3) is 2.37. The van der Waals surface area contributed by atoms with Gasteiger partial charge >= 0.3 is 0 Å². The first-order valence-electron chi connectivity index (χ1n) is 6.02. The second kappa shape index (κ2) is 5.04. The Morgan fingerprint density at radius 1 is 1.56 bits per heavy atom. The molecule has 1 aromatic rings. The van der Waals surface area contributed by atoms with Gasteiger partial charge in [-0.3, -0.25) is 0 Å². The fourth-order valence-electron chi connectivity index (χ4n) is 2.03. The molecule has 1 aliphatic rings. The highest BCUT2D eigenvalue weighted by Gasteiger charge is 2.27.